The molecule has 0 spiro atoms. The van der Waals surface area contributed by atoms with E-state index in [1.165, 1.54) is 12.8 Å². The van der Waals surface area contributed by atoms with Crippen LogP contribution < -0.4 is 5.32 Å². The fourth-order valence-electron chi connectivity index (χ4n) is 2.36. The van der Waals surface area contributed by atoms with Crippen molar-refractivity contribution in [1.82, 2.24) is 10.2 Å². The Morgan fingerprint density at radius 1 is 1.12 bits per heavy atom. The third kappa shape index (κ3) is 5.07. The molecule has 1 heterocycles. The van der Waals surface area contributed by atoms with Gasteiger partial charge in [0.05, 0.1) is 0 Å². The largest absolute Gasteiger partial charge is 0.342 e. The molecule has 1 aliphatic heterocycles. The van der Waals surface area contributed by atoms with Crippen LogP contribution in [0.2, 0.25) is 0 Å². The second-order valence-corrected chi connectivity index (χ2v) is 5.06. The number of nitrogens with zero attached hydrogens (tertiary/aromatic N) is 1. The molecule has 1 fully saturated rings. The summed E-state index contributed by atoms with van der Waals surface area (Å²) in [5, 5.41) is 3.32. The zero-order chi connectivity index (χ0) is 12.5. The zero-order valence-corrected chi connectivity index (χ0v) is 11.5. The minimum Gasteiger partial charge on any atom is -0.342 e. The molecular weight excluding hydrogens is 212 g/mol. The summed E-state index contributed by atoms with van der Waals surface area (Å²) < 4.78 is 0. The summed E-state index contributed by atoms with van der Waals surface area (Å²) >= 11 is 0. The maximum atomic E-state index is 12.4. The summed E-state index contributed by atoms with van der Waals surface area (Å²) in [6.45, 7) is 8.30. The summed E-state index contributed by atoms with van der Waals surface area (Å²) in [6.07, 6.45) is 6.66. The monoisotopic (exact) mass is 240 g/mol. The van der Waals surface area contributed by atoms with Gasteiger partial charge in [-0.1, -0.05) is 26.7 Å². The van der Waals surface area contributed by atoms with Crippen LogP contribution in [0.25, 0.3) is 0 Å². The predicted molar refractivity (Wildman–Crippen MR) is 72.0 cm³/mol. The maximum Gasteiger partial charge on any atom is 0.225 e. The van der Waals surface area contributed by atoms with Gasteiger partial charge in [-0.2, -0.15) is 0 Å². The Hall–Kier alpha value is -0.570. The first-order valence-corrected chi connectivity index (χ1v) is 7.29. The highest BCUT2D eigenvalue weighted by atomic mass is 16.2. The Balaban J connectivity index is 2.44. The smallest absolute Gasteiger partial charge is 0.225 e. The van der Waals surface area contributed by atoms with Crippen molar-refractivity contribution < 1.29 is 4.79 Å². The molecule has 0 bridgehead atoms. The molecule has 3 heteroatoms. The van der Waals surface area contributed by atoms with Gasteiger partial charge in [0.2, 0.25) is 5.91 Å². The van der Waals surface area contributed by atoms with Gasteiger partial charge in [-0.25, -0.2) is 0 Å². The van der Waals surface area contributed by atoms with Crippen molar-refractivity contribution in [2.24, 2.45) is 5.92 Å². The molecule has 0 aromatic rings. The topological polar surface area (TPSA) is 32.3 Å². The van der Waals surface area contributed by atoms with E-state index in [0.717, 1.165) is 51.9 Å². The quantitative estimate of drug-likeness (QED) is 0.741. The molecule has 0 aromatic heterocycles. The fourth-order valence-corrected chi connectivity index (χ4v) is 2.36. The van der Waals surface area contributed by atoms with E-state index in [2.05, 4.69) is 24.1 Å². The number of amides is 1. The van der Waals surface area contributed by atoms with Gasteiger partial charge in [-0.05, 0) is 38.8 Å². The van der Waals surface area contributed by atoms with E-state index in [1.807, 2.05) is 0 Å². The van der Waals surface area contributed by atoms with Crippen LogP contribution in [0.3, 0.4) is 0 Å². The molecule has 1 N–H and O–H groups in total. The second kappa shape index (κ2) is 8.51. The van der Waals surface area contributed by atoms with Gasteiger partial charge >= 0.3 is 0 Å². The number of rotatable bonds is 7. The van der Waals surface area contributed by atoms with E-state index >= 15 is 0 Å². The van der Waals surface area contributed by atoms with Gasteiger partial charge in [0, 0.05) is 19.0 Å². The van der Waals surface area contributed by atoms with Crippen LogP contribution in [0.5, 0.6) is 0 Å². The normalized spacial score (nSPS) is 17.1. The predicted octanol–water partition coefficient (Wildman–Crippen LogP) is 2.41. The molecule has 1 rings (SSSR count). The molecule has 17 heavy (non-hydrogen) atoms. The van der Waals surface area contributed by atoms with E-state index in [0.29, 0.717) is 5.91 Å². The van der Waals surface area contributed by atoms with Gasteiger partial charge in [0.1, 0.15) is 0 Å². The molecule has 0 atom stereocenters. The fraction of sp³-hybridized carbons (Fsp3) is 0.929. The highest BCUT2D eigenvalue weighted by Gasteiger charge is 2.25. The van der Waals surface area contributed by atoms with E-state index < -0.39 is 0 Å². The molecule has 1 aliphatic rings. The van der Waals surface area contributed by atoms with Crippen LogP contribution in [-0.4, -0.2) is 37.0 Å². The van der Waals surface area contributed by atoms with Crippen molar-refractivity contribution in [3.63, 3.8) is 0 Å². The van der Waals surface area contributed by atoms with Crippen LogP contribution in [-0.2, 0) is 4.79 Å². The van der Waals surface area contributed by atoms with Crippen LogP contribution in [0.4, 0.5) is 0 Å². The van der Waals surface area contributed by atoms with Gasteiger partial charge in [-0.15, -0.1) is 0 Å². The Morgan fingerprint density at radius 3 is 2.12 bits per heavy atom. The van der Waals surface area contributed by atoms with E-state index in [9.17, 15) is 4.79 Å². The third-order valence-corrected chi connectivity index (χ3v) is 3.56. The molecular formula is C14H28N2O. The molecule has 100 valence electrons. The van der Waals surface area contributed by atoms with Crippen LogP contribution in [0.15, 0.2) is 0 Å². The number of carbonyl (C=O) groups excluding carboxylic acids is 1. The highest BCUT2D eigenvalue weighted by Crippen LogP contribution is 2.16. The van der Waals surface area contributed by atoms with Crippen molar-refractivity contribution in [3.8, 4) is 0 Å². The first-order valence-electron chi connectivity index (χ1n) is 7.29. The van der Waals surface area contributed by atoms with Crippen LogP contribution in [0, 0.1) is 5.92 Å². The van der Waals surface area contributed by atoms with Crippen molar-refractivity contribution >= 4 is 5.91 Å². The lowest BCUT2D eigenvalue weighted by atomic mass is 9.96. The first kappa shape index (κ1) is 14.5. The molecule has 3 nitrogen and oxygen atoms in total. The summed E-state index contributed by atoms with van der Waals surface area (Å²) in [5.41, 5.74) is 0. The first-order chi connectivity index (χ1) is 8.29. The zero-order valence-electron chi connectivity index (χ0n) is 11.5. The Kier molecular flexibility index (Phi) is 7.25. The summed E-state index contributed by atoms with van der Waals surface area (Å²) in [5.74, 6) is 0.693. The third-order valence-electron chi connectivity index (χ3n) is 3.56. The number of nitrogens with one attached hydrogen (secondary N) is 1. The maximum absolute atomic E-state index is 12.4. The van der Waals surface area contributed by atoms with Crippen molar-refractivity contribution in [2.45, 2.75) is 52.4 Å². The molecule has 0 aliphatic carbocycles. The molecule has 1 saturated heterocycles. The molecule has 0 radical (unpaired) electrons. The van der Waals surface area contributed by atoms with E-state index in [4.69, 9.17) is 0 Å². The minimum absolute atomic E-state index is 0.282. The summed E-state index contributed by atoms with van der Waals surface area (Å²) in [4.78, 5) is 14.5. The van der Waals surface area contributed by atoms with Crippen molar-refractivity contribution in [2.75, 3.05) is 26.2 Å². The number of carbonyl (C=O) groups is 1. The lowest BCUT2D eigenvalue weighted by Gasteiger charge is -2.29. The number of hydrogen-bond acceptors (Lipinski definition) is 2. The van der Waals surface area contributed by atoms with Crippen LogP contribution in [0.1, 0.15) is 52.4 Å². The molecule has 1 amide bonds. The Morgan fingerprint density at radius 2 is 1.65 bits per heavy atom. The van der Waals surface area contributed by atoms with E-state index in [1.54, 1.807) is 0 Å². The number of piperidine rings is 1. The average Bonchev–Trinajstić information content (AvgIpc) is 2.39. The number of hydrogen-bond donors (Lipinski definition) is 1. The van der Waals surface area contributed by atoms with Gasteiger partial charge in [0.25, 0.3) is 0 Å². The van der Waals surface area contributed by atoms with E-state index in [-0.39, 0.29) is 5.92 Å². The molecule has 0 saturated carbocycles. The van der Waals surface area contributed by atoms with Gasteiger partial charge in [-0.3, -0.25) is 4.79 Å². The van der Waals surface area contributed by atoms with Gasteiger partial charge in [0.15, 0.2) is 0 Å². The lowest BCUT2D eigenvalue weighted by Crippen LogP contribution is -2.41. The number of unbranched alkanes of at least 4 members (excludes halogenated alkanes) is 2. The van der Waals surface area contributed by atoms with Crippen molar-refractivity contribution in [1.29, 1.82) is 0 Å². The molecule has 0 unspecified atom stereocenters. The highest BCUT2D eigenvalue weighted by molar-refractivity contribution is 5.79. The average molecular weight is 240 g/mol. The molecule has 0 aromatic carbocycles. The summed E-state index contributed by atoms with van der Waals surface area (Å²) in [7, 11) is 0. The van der Waals surface area contributed by atoms with Gasteiger partial charge < -0.3 is 10.2 Å². The Labute approximate surface area is 106 Å². The van der Waals surface area contributed by atoms with Crippen LogP contribution >= 0.6 is 0 Å². The van der Waals surface area contributed by atoms with Crippen molar-refractivity contribution in [3.05, 3.63) is 0 Å². The standard InChI is InChI=1S/C14H28N2O/c1-3-5-11-16(12-6-4-2)14(17)13-7-9-15-10-8-13/h13,15H,3-12H2,1-2H3. The second-order valence-electron chi connectivity index (χ2n) is 5.06. The minimum atomic E-state index is 0.282. The lowest BCUT2D eigenvalue weighted by molar-refractivity contribution is -0.136. The summed E-state index contributed by atoms with van der Waals surface area (Å²) in [6, 6.07) is 0. The SMILES string of the molecule is CCCCN(CCCC)C(=O)C1CCNCC1. The Bertz CT molecular complexity index is 204.